The second-order valence-corrected chi connectivity index (χ2v) is 5.06. The number of nitrogens with zero attached hydrogens (tertiary/aromatic N) is 1. The number of hydrogen-bond acceptors (Lipinski definition) is 3. The van der Waals surface area contributed by atoms with E-state index >= 15 is 0 Å². The summed E-state index contributed by atoms with van der Waals surface area (Å²) in [6.07, 6.45) is 3.70. The summed E-state index contributed by atoms with van der Waals surface area (Å²) in [6, 6.07) is 6.74. The Labute approximate surface area is 115 Å². The van der Waals surface area contributed by atoms with Crippen LogP contribution >= 0.6 is 0 Å². The lowest BCUT2D eigenvalue weighted by Gasteiger charge is -2.19. The molecule has 0 aromatic heterocycles. The Kier molecular flexibility index (Phi) is 4.97. The molecule has 0 atom stereocenters. The predicted molar refractivity (Wildman–Crippen MR) is 76.1 cm³/mol. The Morgan fingerprint density at radius 3 is 2.79 bits per heavy atom. The summed E-state index contributed by atoms with van der Waals surface area (Å²) < 4.78 is 5.01. The van der Waals surface area contributed by atoms with Crippen molar-refractivity contribution in [2.75, 3.05) is 19.7 Å². The van der Waals surface area contributed by atoms with Gasteiger partial charge in [0.1, 0.15) is 0 Å². The molecule has 3 heteroatoms. The van der Waals surface area contributed by atoms with Crippen LogP contribution in [0.2, 0.25) is 0 Å². The van der Waals surface area contributed by atoms with E-state index in [0.717, 1.165) is 13.1 Å². The average molecular weight is 261 g/mol. The van der Waals surface area contributed by atoms with Crippen LogP contribution in [0.25, 0.3) is 0 Å². The quantitative estimate of drug-likeness (QED) is 0.737. The molecule has 19 heavy (non-hydrogen) atoms. The minimum absolute atomic E-state index is 0.134. The van der Waals surface area contributed by atoms with Crippen molar-refractivity contribution in [2.24, 2.45) is 0 Å². The molecular formula is C16H23NO2. The van der Waals surface area contributed by atoms with Crippen LogP contribution in [0.3, 0.4) is 0 Å². The van der Waals surface area contributed by atoms with Gasteiger partial charge in [-0.25, -0.2) is 0 Å². The van der Waals surface area contributed by atoms with Gasteiger partial charge in [0.2, 0.25) is 0 Å². The highest BCUT2D eigenvalue weighted by Gasteiger charge is 2.13. The Morgan fingerprint density at radius 1 is 1.26 bits per heavy atom. The van der Waals surface area contributed by atoms with E-state index in [1.807, 2.05) is 6.92 Å². The summed E-state index contributed by atoms with van der Waals surface area (Å²) in [5.74, 6) is -0.134. The van der Waals surface area contributed by atoms with Gasteiger partial charge in [-0.2, -0.15) is 0 Å². The third kappa shape index (κ3) is 3.80. The summed E-state index contributed by atoms with van der Waals surface area (Å²) in [6.45, 7) is 6.43. The number of hydrogen-bond donors (Lipinski definition) is 0. The number of rotatable bonds is 6. The highest BCUT2D eigenvalue weighted by Crippen LogP contribution is 2.23. The Morgan fingerprint density at radius 2 is 2.05 bits per heavy atom. The molecule has 0 fully saturated rings. The minimum Gasteiger partial charge on any atom is -0.465 e. The van der Waals surface area contributed by atoms with Crippen LogP contribution in [0.15, 0.2) is 18.2 Å². The van der Waals surface area contributed by atoms with Gasteiger partial charge in [0.25, 0.3) is 0 Å². The number of aryl methyl sites for hydroxylation is 2. The van der Waals surface area contributed by atoms with Crippen molar-refractivity contribution in [1.82, 2.24) is 4.90 Å². The molecule has 0 bridgehead atoms. The number of esters is 1. The molecule has 0 heterocycles. The maximum Gasteiger partial charge on any atom is 0.320 e. The zero-order valence-corrected chi connectivity index (χ0v) is 11.9. The van der Waals surface area contributed by atoms with Crippen LogP contribution in [0.4, 0.5) is 0 Å². The van der Waals surface area contributed by atoms with E-state index in [1.54, 1.807) is 0 Å². The van der Waals surface area contributed by atoms with Gasteiger partial charge in [0.05, 0.1) is 13.2 Å². The molecule has 1 aromatic carbocycles. The molecule has 0 saturated carbocycles. The van der Waals surface area contributed by atoms with E-state index < -0.39 is 0 Å². The van der Waals surface area contributed by atoms with E-state index in [-0.39, 0.29) is 5.97 Å². The number of likely N-dealkylation sites (N-methyl/N-ethyl adjacent to an activating group) is 1. The molecule has 0 unspecified atom stereocenters. The van der Waals surface area contributed by atoms with Crippen molar-refractivity contribution >= 4 is 5.97 Å². The number of benzene rings is 1. The van der Waals surface area contributed by atoms with Crippen molar-refractivity contribution in [3.05, 3.63) is 34.9 Å². The van der Waals surface area contributed by atoms with Gasteiger partial charge >= 0.3 is 5.97 Å². The summed E-state index contributed by atoms with van der Waals surface area (Å²) in [5, 5.41) is 0. The normalized spacial score (nSPS) is 13.6. The molecule has 0 radical (unpaired) electrons. The van der Waals surface area contributed by atoms with Crippen molar-refractivity contribution in [1.29, 1.82) is 0 Å². The van der Waals surface area contributed by atoms with Crippen LogP contribution < -0.4 is 0 Å². The second-order valence-electron chi connectivity index (χ2n) is 5.06. The lowest BCUT2D eigenvalue weighted by Crippen LogP contribution is -2.30. The maximum absolute atomic E-state index is 11.5. The number of fused-ring (bicyclic) bond motifs is 1. The molecule has 0 spiro atoms. The summed E-state index contributed by atoms with van der Waals surface area (Å²) in [5.41, 5.74) is 4.29. The molecule has 1 aromatic rings. The summed E-state index contributed by atoms with van der Waals surface area (Å²) >= 11 is 0. The van der Waals surface area contributed by atoms with E-state index in [9.17, 15) is 4.79 Å². The average Bonchev–Trinajstić information content (AvgIpc) is 2.85. The lowest BCUT2D eigenvalue weighted by atomic mass is 10.1. The fraction of sp³-hybridized carbons (Fsp3) is 0.562. The topological polar surface area (TPSA) is 29.5 Å². The first kappa shape index (κ1) is 14.1. The molecule has 104 valence electrons. The predicted octanol–water partition coefficient (Wildman–Crippen LogP) is 2.56. The molecule has 3 nitrogen and oxygen atoms in total. The fourth-order valence-electron chi connectivity index (χ4n) is 2.65. The number of carbonyl (C=O) groups excluding carboxylic acids is 1. The van der Waals surface area contributed by atoms with Crippen LogP contribution in [0.1, 0.15) is 37.0 Å². The SMILES string of the molecule is CCOC(=O)CN(CC)Cc1ccc2c(c1)CCC2. The molecule has 0 aliphatic heterocycles. The smallest absolute Gasteiger partial charge is 0.320 e. The third-order valence-corrected chi connectivity index (χ3v) is 3.67. The number of ether oxygens (including phenoxy) is 1. The highest BCUT2D eigenvalue weighted by molar-refractivity contribution is 5.71. The van der Waals surface area contributed by atoms with Crippen molar-refractivity contribution in [3.63, 3.8) is 0 Å². The van der Waals surface area contributed by atoms with Gasteiger partial charge < -0.3 is 4.74 Å². The van der Waals surface area contributed by atoms with Gasteiger partial charge in [-0.15, -0.1) is 0 Å². The molecule has 0 saturated heterocycles. The van der Waals surface area contributed by atoms with Crippen molar-refractivity contribution < 1.29 is 9.53 Å². The first-order valence-electron chi connectivity index (χ1n) is 7.21. The first-order valence-corrected chi connectivity index (χ1v) is 7.21. The van der Waals surface area contributed by atoms with E-state index in [1.165, 1.54) is 36.0 Å². The second kappa shape index (κ2) is 6.71. The molecule has 1 aliphatic rings. The first-order chi connectivity index (χ1) is 9.22. The Bertz CT molecular complexity index is 442. The Balaban J connectivity index is 1.96. The lowest BCUT2D eigenvalue weighted by molar-refractivity contribution is -0.144. The maximum atomic E-state index is 11.5. The fourth-order valence-corrected chi connectivity index (χ4v) is 2.65. The van der Waals surface area contributed by atoms with E-state index in [4.69, 9.17) is 4.74 Å². The molecule has 1 aliphatic carbocycles. The van der Waals surface area contributed by atoms with Gasteiger partial charge in [0, 0.05) is 6.54 Å². The van der Waals surface area contributed by atoms with E-state index in [2.05, 4.69) is 30.0 Å². The Hall–Kier alpha value is -1.35. The summed E-state index contributed by atoms with van der Waals surface area (Å²) in [4.78, 5) is 13.6. The minimum atomic E-state index is -0.134. The van der Waals surface area contributed by atoms with Gasteiger partial charge in [-0.3, -0.25) is 9.69 Å². The van der Waals surface area contributed by atoms with Gasteiger partial charge in [-0.1, -0.05) is 25.1 Å². The standard InChI is InChI=1S/C16H23NO2/c1-3-17(12-16(18)19-4-2)11-13-8-9-14-6-5-7-15(14)10-13/h8-10H,3-7,11-12H2,1-2H3. The highest BCUT2D eigenvalue weighted by atomic mass is 16.5. The van der Waals surface area contributed by atoms with Crippen LogP contribution in [0.5, 0.6) is 0 Å². The van der Waals surface area contributed by atoms with Crippen LogP contribution in [-0.4, -0.2) is 30.6 Å². The van der Waals surface area contributed by atoms with Gasteiger partial charge in [0.15, 0.2) is 0 Å². The number of carbonyl (C=O) groups is 1. The molecule has 0 N–H and O–H groups in total. The van der Waals surface area contributed by atoms with Crippen molar-refractivity contribution in [2.45, 2.75) is 39.7 Å². The van der Waals surface area contributed by atoms with Gasteiger partial charge in [-0.05, 0) is 49.4 Å². The zero-order chi connectivity index (χ0) is 13.7. The zero-order valence-electron chi connectivity index (χ0n) is 11.9. The third-order valence-electron chi connectivity index (χ3n) is 3.67. The monoisotopic (exact) mass is 261 g/mol. The summed E-state index contributed by atoms with van der Waals surface area (Å²) in [7, 11) is 0. The van der Waals surface area contributed by atoms with E-state index in [0.29, 0.717) is 13.2 Å². The molecule has 0 amide bonds. The largest absolute Gasteiger partial charge is 0.465 e. The van der Waals surface area contributed by atoms with Crippen LogP contribution in [-0.2, 0) is 28.9 Å². The molecular weight excluding hydrogens is 238 g/mol. The molecule has 2 rings (SSSR count). The van der Waals surface area contributed by atoms with Crippen LogP contribution in [0, 0.1) is 0 Å². The van der Waals surface area contributed by atoms with Crippen molar-refractivity contribution in [3.8, 4) is 0 Å².